The number of aromatic hydroxyl groups is 1. The first kappa shape index (κ1) is 13.2. The summed E-state index contributed by atoms with van der Waals surface area (Å²) >= 11 is 0. The second-order valence-electron chi connectivity index (χ2n) is 5.57. The molecule has 2 atom stereocenters. The van der Waals surface area contributed by atoms with Gasteiger partial charge in [0.1, 0.15) is 11.6 Å². The SMILES string of the molecule is CN(c1nccc2ccc(O)cc12)C1CCCCC1O. The van der Waals surface area contributed by atoms with Crippen molar-refractivity contribution >= 4 is 16.6 Å². The highest BCUT2D eigenvalue weighted by molar-refractivity contribution is 5.93. The summed E-state index contributed by atoms with van der Waals surface area (Å²) < 4.78 is 0. The van der Waals surface area contributed by atoms with Crippen LogP contribution in [-0.2, 0) is 0 Å². The van der Waals surface area contributed by atoms with Crippen molar-refractivity contribution in [2.45, 2.75) is 37.8 Å². The van der Waals surface area contributed by atoms with Crippen LogP contribution in [0.5, 0.6) is 5.75 Å². The van der Waals surface area contributed by atoms with Gasteiger partial charge in [-0.2, -0.15) is 0 Å². The molecule has 0 spiro atoms. The van der Waals surface area contributed by atoms with Crippen LogP contribution < -0.4 is 4.90 Å². The second-order valence-corrected chi connectivity index (χ2v) is 5.57. The lowest BCUT2D eigenvalue weighted by molar-refractivity contribution is 0.106. The number of hydrogen-bond acceptors (Lipinski definition) is 4. The Morgan fingerprint density at radius 3 is 2.80 bits per heavy atom. The maximum absolute atomic E-state index is 10.2. The number of benzene rings is 1. The third kappa shape index (κ3) is 2.31. The first-order valence-electron chi connectivity index (χ1n) is 7.15. The van der Waals surface area contributed by atoms with Crippen molar-refractivity contribution in [2.75, 3.05) is 11.9 Å². The maximum Gasteiger partial charge on any atom is 0.136 e. The van der Waals surface area contributed by atoms with Gasteiger partial charge in [-0.05, 0) is 36.4 Å². The molecule has 0 saturated heterocycles. The minimum Gasteiger partial charge on any atom is -0.508 e. The van der Waals surface area contributed by atoms with Crippen molar-refractivity contribution in [3.05, 3.63) is 30.5 Å². The molecule has 4 nitrogen and oxygen atoms in total. The molecular weight excluding hydrogens is 252 g/mol. The van der Waals surface area contributed by atoms with E-state index in [-0.39, 0.29) is 17.9 Å². The van der Waals surface area contributed by atoms with E-state index in [1.54, 1.807) is 18.3 Å². The van der Waals surface area contributed by atoms with Gasteiger partial charge in [0.15, 0.2) is 0 Å². The van der Waals surface area contributed by atoms with Crippen LogP contribution >= 0.6 is 0 Å². The molecule has 0 bridgehead atoms. The van der Waals surface area contributed by atoms with E-state index in [0.29, 0.717) is 0 Å². The lowest BCUT2D eigenvalue weighted by atomic mass is 9.91. The summed E-state index contributed by atoms with van der Waals surface area (Å²) in [5.74, 6) is 1.06. The summed E-state index contributed by atoms with van der Waals surface area (Å²) in [6.45, 7) is 0. The highest BCUT2D eigenvalue weighted by Gasteiger charge is 2.28. The molecule has 0 amide bonds. The average molecular weight is 272 g/mol. The molecule has 2 unspecified atom stereocenters. The summed E-state index contributed by atoms with van der Waals surface area (Å²) in [4.78, 5) is 6.52. The summed E-state index contributed by atoms with van der Waals surface area (Å²) in [5.41, 5.74) is 0. The minimum atomic E-state index is -0.303. The number of anilines is 1. The second kappa shape index (κ2) is 5.29. The first-order chi connectivity index (χ1) is 9.66. The zero-order valence-corrected chi connectivity index (χ0v) is 11.7. The van der Waals surface area contributed by atoms with Crippen molar-refractivity contribution in [3.63, 3.8) is 0 Å². The van der Waals surface area contributed by atoms with Gasteiger partial charge in [0.2, 0.25) is 0 Å². The number of phenolic OH excluding ortho intramolecular Hbond substituents is 1. The van der Waals surface area contributed by atoms with E-state index in [1.807, 2.05) is 19.2 Å². The van der Waals surface area contributed by atoms with Crippen molar-refractivity contribution in [1.29, 1.82) is 0 Å². The lowest BCUT2D eigenvalue weighted by Crippen LogP contribution is -2.43. The molecule has 1 heterocycles. The van der Waals surface area contributed by atoms with Crippen LogP contribution in [0.15, 0.2) is 30.5 Å². The number of hydrogen-bond donors (Lipinski definition) is 2. The molecule has 20 heavy (non-hydrogen) atoms. The van der Waals surface area contributed by atoms with Gasteiger partial charge in [0.05, 0.1) is 12.1 Å². The molecule has 0 radical (unpaired) electrons. The third-order valence-corrected chi connectivity index (χ3v) is 4.25. The smallest absolute Gasteiger partial charge is 0.136 e. The maximum atomic E-state index is 10.2. The summed E-state index contributed by atoms with van der Waals surface area (Å²) in [5, 5.41) is 21.9. The molecule has 1 fully saturated rings. The highest BCUT2D eigenvalue weighted by Crippen LogP contribution is 2.31. The Bertz CT molecular complexity index is 614. The van der Waals surface area contributed by atoms with Crippen molar-refractivity contribution in [1.82, 2.24) is 4.98 Å². The number of pyridine rings is 1. The van der Waals surface area contributed by atoms with Crippen LogP contribution in [0.25, 0.3) is 10.8 Å². The van der Waals surface area contributed by atoms with Crippen molar-refractivity contribution < 1.29 is 10.2 Å². The summed E-state index contributed by atoms with van der Waals surface area (Å²) in [7, 11) is 1.98. The molecule has 2 aromatic rings. The Kier molecular flexibility index (Phi) is 3.49. The number of phenols is 1. The van der Waals surface area contributed by atoms with E-state index in [1.165, 1.54) is 0 Å². The molecule has 1 aromatic carbocycles. The van der Waals surface area contributed by atoms with Crippen LogP contribution in [0.4, 0.5) is 5.82 Å². The monoisotopic (exact) mass is 272 g/mol. The zero-order chi connectivity index (χ0) is 14.1. The number of nitrogens with zero attached hydrogens (tertiary/aromatic N) is 2. The van der Waals surface area contributed by atoms with Gasteiger partial charge in [0, 0.05) is 18.6 Å². The highest BCUT2D eigenvalue weighted by atomic mass is 16.3. The van der Waals surface area contributed by atoms with Crippen LogP contribution in [0.2, 0.25) is 0 Å². The quantitative estimate of drug-likeness (QED) is 0.882. The van der Waals surface area contributed by atoms with Crippen LogP contribution in [0.3, 0.4) is 0 Å². The minimum absolute atomic E-state index is 0.101. The Labute approximate surface area is 118 Å². The first-order valence-corrected chi connectivity index (χ1v) is 7.15. The number of aliphatic hydroxyl groups is 1. The van der Waals surface area contributed by atoms with Gasteiger partial charge in [-0.25, -0.2) is 4.98 Å². The molecule has 2 N–H and O–H groups in total. The van der Waals surface area contributed by atoms with Crippen molar-refractivity contribution in [3.8, 4) is 5.75 Å². The van der Waals surface area contributed by atoms with Gasteiger partial charge in [-0.1, -0.05) is 18.9 Å². The molecular formula is C16H20N2O2. The fraction of sp³-hybridized carbons (Fsp3) is 0.438. The zero-order valence-electron chi connectivity index (χ0n) is 11.7. The topological polar surface area (TPSA) is 56.6 Å². The molecule has 3 rings (SSSR count). The summed E-state index contributed by atoms with van der Waals surface area (Å²) in [6.07, 6.45) is 5.54. The predicted octanol–water partition coefficient (Wildman–Crippen LogP) is 2.68. The van der Waals surface area contributed by atoms with E-state index in [0.717, 1.165) is 42.3 Å². The Hall–Kier alpha value is -1.81. The normalized spacial score (nSPS) is 22.9. The molecule has 1 aromatic heterocycles. The average Bonchev–Trinajstić information content (AvgIpc) is 2.46. The number of fused-ring (bicyclic) bond motifs is 1. The molecule has 1 saturated carbocycles. The Balaban J connectivity index is 2.02. The van der Waals surface area contributed by atoms with E-state index in [4.69, 9.17) is 0 Å². The molecule has 0 aliphatic heterocycles. The molecule has 1 aliphatic carbocycles. The van der Waals surface area contributed by atoms with Crippen molar-refractivity contribution in [2.24, 2.45) is 0 Å². The third-order valence-electron chi connectivity index (χ3n) is 4.25. The Morgan fingerprint density at radius 2 is 2.00 bits per heavy atom. The lowest BCUT2D eigenvalue weighted by Gasteiger charge is -2.36. The fourth-order valence-corrected chi connectivity index (χ4v) is 3.12. The Morgan fingerprint density at radius 1 is 1.20 bits per heavy atom. The molecule has 4 heteroatoms. The van der Waals surface area contributed by atoms with Gasteiger partial charge < -0.3 is 15.1 Å². The number of likely N-dealkylation sites (N-methyl/N-ethyl adjacent to an activating group) is 1. The number of aliphatic hydroxyl groups excluding tert-OH is 1. The van der Waals surface area contributed by atoms with Gasteiger partial charge in [-0.15, -0.1) is 0 Å². The van der Waals surface area contributed by atoms with Crippen LogP contribution in [-0.4, -0.2) is 34.4 Å². The van der Waals surface area contributed by atoms with Crippen LogP contribution in [0, 0.1) is 0 Å². The molecule has 106 valence electrons. The number of aromatic nitrogens is 1. The van der Waals surface area contributed by atoms with Gasteiger partial charge in [0.25, 0.3) is 0 Å². The molecule has 1 aliphatic rings. The van der Waals surface area contributed by atoms with E-state index < -0.39 is 0 Å². The van der Waals surface area contributed by atoms with Crippen LogP contribution in [0.1, 0.15) is 25.7 Å². The number of rotatable bonds is 2. The van der Waals surface area contributed by atoms with E-state index in [9.17, 15) is 10.2 Å². The van der Waals surface area contributed by atoms with Gasteiger partial charge >= 0.3 is 0 Å². The summed E-state index contributed by atoms with van der Waals surface area (Å²) in [6, 6.07) is 7.35. The van der Waals surface area contributed by atoms with Gasteiger partial charge in [-0.3, -0.25) is 0 Å². The largest absolute Gasteiger partial charge is 0.508 e. The van der Waals surface area contributed by atoms with E-state index >= 15 is 0 Å². The predicted molar refractivity (Wildman–Crippen MR) is 80.1 cm³/mol. The standard InChI is InChI=1S/C16H20N2O2/c1-18(14-4-2-3-5-15(14)20)16-13-10-12(19)7-6-11(13)8-9-17-16/h6-10,14-15,19-20H,2-5H2,1H3. The fourth-order valence-electron chi connectivity index (χ4n) is 3.12. The van der Waals surface area contributed by atoms with E-state index in [2.05, 4.69) is 9.88 Å².